The first-order valence-electron chi connectivity index (χ1n) is 3.88. The Kier molecular flexibility index (Phi) is 4.15. The van der Waals surface area contributed by atoms with E-state index in [1.165, 1.54) is 6.07 Å². The molecule has 1 aromatic carbocycles. The summed E-state index contributed by atoms with van der Waals surface area (Å²) in [5, 5.41) is 17.7. The standard InChI is InChI=1S/C9H7ClO4Se/c10-5-1-2-7(15-4-8(11)12)6(3-5)9(13)14/h1-3H,4H2,(H,11,12)(H,13,14). The third kappa shape index (κ3) is 3.55. The van der Waals surface area contributed by atoms with E-state index in [2.05, 4.69) is 0 Å². The van der Waals surface area contributed by atoms with Crippen LogP contribution in [0.4, 0.5) is 0 Å². The van der Waals surface area contributed by atoms with E-state index in [0.29, 0.717) is 9.48 Å². The van der Waals surface area contributed by atoms with Gasteiger partial charge >= 0.3 is 96.9 Å². The number of carboxylic acids is 2. The zero-order chi connectivity index (χ0) is 11.4. The fraction of sp³-hybridized carbons (Fsp3) is 0.111. The van der Waals surface area contributed by atoms with Gasteiger partial charge in [-0.25, -0.2) is 0 Å². The molecule has 0 saturated heterocycles. The number of aliphatic carboxylic acids is 1. The molecule has 0 unspecified atom stereocenters. The minimum absolute atomic E-state index is 0.0328. The number of hydrogen-bond donors (Lipinski definition) is 2. The maximum absolute atomic E-state index is 10.8. The summed E-state index contributed by atoms with van der Waals surface area (Å²) >= 11 is 5.27. The molecule has 0 radical (unpaired) electrons. The first-order chi connectivity index (χ1) is 7.00. The van der Waals surface area contributed by atoms with Crippen LogP contribution in [0.1, 0.15) is 10.4 Å². The summed E-state index contributed by atoms with van der Waals surface area (Å²) in [6.07, 6.45) is 0. The van der Waals surface area contributed by atoms with Gasteiger partial charge in [-0.2, -0.15) is 0 Å². The van der Waals surface area contributed by atoms with Crippen molar-refractivity contribution in [3.05, 3.63) is 28.8 Å². The Morgan fingerprint density at radius 1 is 1.33 bits per heavy atom. The summed E-state index contributed by atoms with van der Waals surface area (Å²) in [7, 11) is 0. The van der Waals surface area contributed by atoms with Gasteiger partial charge < -0.3 is 0 Å². The van der Waals surface area contributed by atoms with Crippen molar-refractivity contribution < 1.29 is 19.8 Å². The van der Waals surface area contributed by atoms with Crippen LogP contribution in [0.5, 0.6) is 0 Å². The molecule has 15 heavy (non-hydrogen) atoms. The van der Waals surface area contributed by atoms with E-state index in [1.54, 1.807) is 12.1 Å². The van der Waals surface area contributed by atoms with Crippen molar-refractivity contribution >= 4 is 43.0 Å². The molecule has 1 aromatic rings. The van der Waals surface area contributed by atoms with Crippen LogP contribution >= 0.6 is 11.6 Å². The molecule has 0 aliphatic heterocycles. The van der Waals surface area contributed by atoms with Gasteiger partial charge in [0.1, 0.15) is 0 Å². The van der Waals surface area contributed by atoms with Gasteiger partial charge in [0.15, 0.2) is 0 Å². The number of carboxylic acid groups (broad SMARTS) is 2. The van der Waals surface area contributed by atoms with Crippen molar-refractivity contribution in [2.75, 3.05) is 0 Å². The van der Waals surface area contributed by atoms with Gasteiger partial charge in [-0.15, -0.1) is 0 Å². The second-order valence-electron chi connectivity index (χ2n) is 2.63. The van der Waals surface area contributed by atoms with Crippen LogP contribution in [-0.4, -0.2) is 37.1 Å². The topological polar surface area (TPSA) is 74.6 Å². The number of aromatic carboxylic acids is 1. The van der Waals surface area contributed by atoms with Crippen LogP contribution in [0.3, 0.4) is 0 Å². The fourth-order valence-electron chi connectivity index (χ4n) is 0.935. The fourth-order valence-corrected chi connectivity index (χ4v) is 2.67. The molecule has 6 heteroatoms. The monoisotopic (exact) mass is 294 g/mol. The van der Waals surface area contributed by atoms with E-state index in [0.717, 1.165) is 0 Å². The van der Waals surface area contributed by atoms with Gasteiger partial charge in [0.2, 0.25) is 0 Å². The summed E-state index contributed by atoms with van der Waals surface area (Å²) in [4.78, 5) is 21.2. The Balaban J connectivity index is 2.95. The average Bonchev–Trinajstić information content (AvgIpc) is 2.15. The molecule has 0 fully saturated rings. The third-order valence-corrected chi connectivity index (χ3v) is 3.98. The van der Waals surface area contributed by atoms with Crippen molar-refractivity contribution in [2.24, 2.45) is 0 Å². The van der Waals surface area contributed by atoms with E-state index < -0.39 is 11.9 Å². The first-order valence-corrected chi connectivity index (χ1v) is 6.32. The predicted molar refractivity (Wildman–Crippen MR) is 56.2 cm³/mol. The van der Waals surface area contributed by atoms with Gasteiger partial charge in [0.25, 0.3) is 0 Å². The molecule has 0 spiro atoms. The SMILES string of the molecule is O=C(O)C[Se]c1ccc(Cl)cc1C(=O)O. The molecule has 0 aliphatic carbocycles. The normalized spacial score (nSPS) is 9.93. The molecule has 0 aliphatic rings. The van der Waals surface area contributed by atoms with Gasteiger partial charge in [-0.05, 0) is 0 Å². The van der Waals surface area contributed by atoms with Crippen LogP contribution in [0.25, 0.3) is 0 Å². The summed E-state index contributed by atoms with van der Waals surface area (Å²) in [5.74, 6) is -2.01. The van der Waals surface area contributed by atoms with Crippen LogP contribution < -0.4 is 4.46 Å². The van der Waals surface area contributed by atoms with Gasteiger partial charge in [-0.1, -0.05) is 0 Å². The maximum atomic E-state index is 10.8. The molecule has 4 nitrogen and oxygen atoms in total. The summed E-state index contributed by atoms with van der Waals surface area (Å²) < 4.78 is 0.543. The Morgan fingerprint density at radius 2 is 2.00 bits per heavy atom. The van der Waals surface area contributed by atoms with Crippen LogP contribution in [-0.2, 0) is 4.79 Å². The number of rotatable bonds is 4. The Hall–Kier alpha value is -1.03. The molecular weight excluding hydrogens is 287 g/mol. The van der Waals surface area contributed by atoms with Crippen molar-refractivity contribution in [1.29, 1.82) is 0 Å². The van der Waals surface area contributed by atoms with Crippen molar-refractivity contribution in [2.45, 2.75) is 5.32 Å². The first kappa shape index (κ1) is 12.0. The zero-order valence-corrected chi connectivity index (χ0v) is 9.91. The van der Waals surface area contributed by atoms with Gasteiger partial charge in [-0.3, -0.25) is 0 Å². The number of hydrogen-bond acceptors (Lipinski definition) is 2. The number of benzene rings is 1. The third-order valence-electron chi connectivity index (χ3n) is 1.52. The minimum atomic E-state index is -1.08. The predicted octanol–water partition coefficient (Wildman–Crippen LogP) is 0.871. The van der Waals surface area contributed by atoms with Gasteiger partial charge in [0, 0.05) is 0 Å². The molecule has 1 rings (SSSR count). The summed E-state index contributed by atoms with van der Waals surface area (Å²) in [6.45, 7) is 0. The molecule has 2 N–H and O–H groups in total. The molecule has 0 aromatic heterocycles. The molecule has 0 bridgehead atoms. The molecule has 0 saturated carbocycles. The summed E-state index contributed by atoms with van der Waals surface area (Å²) in [6, 6.07) is 4.46. The Morgan fingerprint density at radius 3 is 2.53 bits per heavy atom. The van der Waals surface area contributed by atoms with E-state index in [4.69, 9.17) is 21.8 Å². The van der Waals surface area contributed by atoms with Crippen molar-refractivity contribution in [3.8, 4) is 0 Å². The van der Waals surface area contributed by atoms with Crippen LogP contribution in [0.15, 0.2) is 18.2 Å². The van der Waals surface area contributed by atoms with E-state index >= 15 is 0 Å². The summed E-state index contributed by atoms with van der Waals surface area (Å²) in [5.41, 5.74) is 0.0868. The number of carbonyl (C=O) groups is 2. The Bertz CT molecular complexity index is 405. The molecule has 80 valence electrons. The van der Waals surface area contributed by atoms with E-state index in [9.17, 15) is 9.59 Å². The second-order valence-corrected chi connectivity index (χ2v) is 5.20. The molecule has 0 heterocycles. The zero-order valence-electron chi connectivity index (χ0n) is 7.44. The average molecular weight is 294 g/mol. The molecule has 0 atom stereocenters. The Labute approximate surface area is 97.0 Å². The second kappa shape index (κ2) is 5.16. The van der Waals surface area contributed by atoms with E-state index in [-0.39, 0.29) is 25.8 Å². The van der Waals surface area contributed by atoms with Crippen LogP contribution in [0.2, 0.25) is 10.3 Å². The molecule has 0 amide bonds. The quantitative estimate of drug-likeness (QED) is 0.808. The van der Waals surface area contributed by atoms with E-state index in [1.807, 2.05) is 0 Å². The van der Waals surface area contributed by atoms with Crippen LogP contribution in [0, 0.1) is 0 Å². The van der Waals surface area contributed by atoms with Crippen molar-refractivity contribution in [3.63, 3.8) is 0 Å². The number of halogens is 1. The van der Waals surface area contributed by atoms with Crippen molar-refractivity contribution in [1.82, 2.24) is 0 Å². The van der Waals surface area contributed by atoms with Gasteiger partial charge in [0.05, 0.1) is 0 Å². The molecular formula is C9H7ClO4Se.